The third kappa shape index (κ3) is 10.2. The number of unbranched alkanes of at least 4 members (excludes halogenated alkanes) is 3. The molecular weight excluding hydrogens is 158 g/mol. The molecule has 2 heteroatoms. The Morgan fingerprint density at radius 1 is 1.00 bits per heavy atom. The SMILES string of the molecule is CCCCCC[NH2+]CCCCl. The maximum Gasteiger partial charge on any atom is 0.0766 e. The Morgan fingerprint density at radius 2 is 1.73 bits per heavy atom. The van der Waals surface area contributed by atoms with Crippen LogP contribution >= 0.6 is 11.6 Å². The molecule has 0 heterocycles. The van der Waals surface area contributed by atoms with E-state index in [-0.39, 0.29) is 0 Å². The minimum atomic E-state index is 0.811. The fourth-order valence-corrected chi connectivity index (χ4v) is 1.24. The van der Waals surface area contributed by atoms with Crippen molar-refractivity contribution in [3.63, 3.8) is 0 Å². The standard InChI is InChI=1S/C9H20ClN/c1-2-3-4-5-8-11-9-6-7-10/h11H,2-9H2,1H3/p+1. The minimum Gasteiger partial charge on any atom is -0.346 e. The Hall–Kier alpha value is 0.250. The van der Waals surface area contributed by atoms with E-state index in [1.807, 2.05) is 0 Å². The molecule has 0 rings (SSSR count). The number of alkyl halides is 1. The van der Waals surface area contributed by atoms with Gasteiger partial charge in [0.1, 0.15) is 0 Å². The highest BCUT2D eigenvalue weighted by Crippen LogP contribution is 1.95. The highest BCUT2D eigenvalue weighted by atomic mass is 35.5. The molecule has 11 heavy (non-hydrogen) atoms. The Morgan fingerprint density at radius 3 is 2.36 bits per heavy atom. The first-order chi connectivity index (χ1) is 5.41. The van der Waals surface area contributed by atoms with Gasteiger partial charge in [-0.25, -0.2) is 0 Å². The lowest BCUT2D eigenvalue weighted by molar-refractivity contribution is -0.654. The van der Waals surface area contributed by atoms with Crippen LogP contribution in [0.5, 0.6) is 0 Å². The van der Waals surface area contributed by atoms with Gasteiger partial charge in [-0.2, -0.15) is 0 Å². The summed E-state index contributed by atoms with van der Waals surface area (Å²) < 4.78 is 0. The van der Waals surface area contributed by atoms with E-state index in [1.165, 1.54) is 38.8 Å². The van der Waals surface area contributed by atoms with Crippen LogP contribution in [0.4, 0.5) is 0 Å². The molecule has 0 aromatic heterocycles. The van der Waals surface area contributed by atoms with E-state index < -0.39 is 0 Å². The van der Waals surface area contributed by atoms with Crippen molar-refractivity contribution in [3.8, 4) is 0 Å². The number of hydrogen-bond donors (Lipinski definition) is 1. The average Bonchev–Trinajstić information content (AvgIpc) is 2.03. The van der Waals surface area contributed by atoms with E-state index in [9.17, 15) is 0 Å². The van der Waals surface area contributed by atoms with Crippen LogP contribution < -0.4 is 5.32 Å². The van der Waals surface area contributed by atoms with Crippen molar-refractivity contribution in [1.29, 1.82) is 0 Å². The van der Waals surface area contributed by atoms with E-state index in [0.29, 0.717) is 0 Å². The van der Waals surface area contributed by atoms with Gasteiger partial charge in [0.25, 0.3) is 0 Å². The smallest absolute Gasteiger partial charge is 0.0766 e. The molecule has 0 bridgehead atoms. The van der Waals surface area contributed by atoms with Crippen molar-refractivity contribution in [1.82, 2.24) is 0 Å². The van der Waals surface area contributed by atoms with Crippen molar-refractivity contribution in [3.05, 3.63) is 0 Å². The Labute approximate surface area is 75.5 Å². The lowest BCUT2D eigenvalue weighted by atomic mass is 10.2. The van der Waals surface area contributed by atoms with Crippen molar-refractivity contribution >= 4 is 11.6 Å². The molecular formula is C9H21ClN+. The second kappa shape index (κ2) is 10.2. The van der Waals surface area contributed by atoms with E-state index in [0.717, 1.165) is 12.3 Å². The molecule has 0 aliphatic rings. The number of nitrogens with two attached hydrogens (primary N) is 1. The molecule has 0 aliphatic heterocycles. The second-order valence-electron chi connectivity index (χ2n) is 2.97. The zero-order chi connectivity index (χ0) is 8.36. The third-order valence-electron chi connectivity index (χ3n) is 1.80. The van der Waals surface area contributed by atoms with Gasteiger partial charge in [0.15, 0.2) is 0 Å². The summed E-state index contributed by atoms with van der Waals surface area (Å²) in [4.78, 5) is 0. The summed E-state index contributed by atoms with van der Waals surface area (Å²) in [6, 6.07) is 0. The van der Waals surface area contributed by atoms with Crippen molar-refractivity contribution in [2.45, 2.75) is 39.0 Å². The maximum atomic E-state index is 5.54. The summed E-state index contributed by atoms with van der Waals surface area (Å²) in [6.45, 7) is 4.74. The monoisotopic (exact) mass is 178 g/mol. The number of quaternary nitrogens is 1. The fraction of sp³-hybridized carbons (Fsp3) is 1.00. The van der Waals surface area contributed by atoms with Crippen LogP contribution in [0.1, 0.15) is 39.0 Å². The largest absolute Gasteiger partial charge is 0.346 e. The Bertz CT molecular complexity index is 58.6. The van der Waals surface area contributed by atoms with Crippen LogP contribution in [-0.2, 0) is 0 Å². The van der Waals surface area contributed by atoms with Crippen molar-refractivity contribution in [2.24, 2.45) is 0 Å². The van der Waals surface area contributed by atoms with Crippen LogP contribution in [0.25, 0.3) is 0 Å². The highest BCUT2D eigenvalue weighted by molar-refractivity contribution is 6.17. The molecule has 0 saturated carbocycles. The number of hydrogen-bond acceptors (Lipinski definition) is 0. The predicted molar refractivity (Wildman–Crippen MR) is 51.1 cm³/mol. The normalized spacial score (nSPS) is 10.4. The predicted octanol–water partition coefficient (Wildman–Crippen LogP) is 1.76. The molecule has 0 amide bonds. The molecule has 0 radical (unpaired) electrons. The van der Waals surface area contributed by atoms with Gasteiger partial charge in [0.2, 0.25) is 0 Å². The van der Waals surface area contributed by atoms with Crippen LogP contribution in [0.15, 0.2) is 0 Å². The first kappa shape index (κ1) is 11.2. The van der Waals surface area contributed by atoms with Gasteiger partial charge in [-0.1, -0.05) is 19.8 Å². The van der Waals surface area contributed by atoms with Crippen LogP contribution in [0.2, 0.25) is 0 Å². The Balaban J connectivity index is 2.69. The Kier molecular flexibility index (Phi) is 10.5. The number of halogens is 1. The molecule has 2 N–H and O–H groups in total. The van der Waals surface area contributed by atoms with E-state index in [4.69, 9.17) is 11.6 Å². The fourth-order valence-electron chi connectivity index (χ4n) is 1.08. The van der Waals surface area contributed by atoms with Crippen LogP contribution in [0.3, 0.4) is 0 Å². The van der Waals surface area contributed by atoms with E-state index in [1.54, 1.807) is 0 Å². The average molecular weight is 179 g/mol. The minimum absolute atomic E-state index is 0.811. The second-order valence-corrected chi connectivity index (χ2v) is 3.35. The van der Waals surface area contributed by atoms with Gasteiger partial charge in [-0.3, -0.25) is 0 Å². The lowest BCUT2D eigenvalue weighted by Crippen LogP contribution is -2.84. The quantitative estimate of drug-likeness (QED) is 0.431. The molecule has 0 spiro atoms. The maximum absolute atomic E-state index is 5.54. The van der Waals surface area contributed by atoms with Gasteiger partial charge >= 0.3 is 0 Å². The molecule has 0 fully saturated rings. The van der Waals surface area contributed by atoms with Crippen LogP contribution in [-0.4, -0.2) is 19.0 Å². The molecule has 0 saturated heterocycles. The van der Waals surface area contributed by atoms with Gasteiger partial charge in [-0.05, 0) is 12.8 Å². The summed E-state index contributed by atoms with van der Waals surface area (Å²) in [5.74, 6) is 0.811. The zero-order valence-electron chi connectivity index (χ0n) is 7.61. The van der Waals surface area contributed by atoms with Gasteiger partial charge in [0, 0.05) is 12.3 Å². The van der Waals surface area contributed by atoms with E-state index >= 15 is 0 Å². The first-order valence-corrected chi connectivity index (χ1v) is 5.33. The molecule has 0 aromatic carbocycles. The third-order valence-corrected chi connectivity index (χ3v) is 2.07. The zero-order valence-corrected chi connectivity index (χ0v) is 8.37. The summed E-state index contributed by atoms with van der Waals surface area (Å²) in [5, 5.41) is 2.37. The molecule has 0 atom stereocenters. The molecule has 1 nitrogen and oxygen atoms in total. The summed E-state index contributed by atoms with van der Waals surface area (Å²) >= 11 is 5.54. The van der Waals surface area contributed by atoms with Crippen LogP contribution in [0, 0.1) is 0 Å². The van der Waals surface area contributed by atoms with Gasteiger partial charge in [-0.15, -0.1) is 11.6 Å². The molecule has 0 unspecified atom stereocenters. The molecule has 0 aromatic rings. The molecule has 0 aliphatic carbocycles. The van der Waals surface area contributed by atoms with Crippen molar-refractivity contribution < 1.29 is 5.32 Å². The van der Waals surface area contributed by atoms with Gasteiger partial charge < -0.3 is 5.32 Å². The topological polar surface area (TPSA) is 16.6 Å². The first-order valence-electron chi connectivity index (χ1n) is 4.79. The summed E-state index contributed by atoms with van der Waals surface area (Å²) in [5.41, 5.74) is 0. The van der Waals surface area contributed by atoms with Crippen molar-refractivity contribution in [2.75, 3.05) is 19.0 Å². The number of rotatable bonds is 8. The van der Waals surface area contributed by atoms with E-state index in [2.05, 4.69) is 12.2 Å². The lowest BCUT2D eigenvalue weighted by Gasteiger charge is -1.99. The van der Waals surface area contributed by atoms with Gasteiger partial charge in [0.05, 0.1) is 13.1 Å². The summed E-state index contributed by atoms with van der Waals surface area (Å²) in [7, 11) is 0. The highest BCUT2D eigenvalue weighted by Gasteiger charge is 1.90. The summed E-state index contributed by atoms with van der Waals surface area (Å²) in [6.07, 6.45) is 6.64. The molecule has 68 valence electrons.